The van der Waals surface area contributed by atoms with Gasteiger partial charge in [0.25, 0.3) is 0 Å². The van der Waals surface area contributed by atoms with Crippen molar-refractivity contribution in [1.29, 1.82) is 0 Å². The largest absolute Gasteiger partial charge is 0.394 e. The third-order valence-corrected chi connectivity index (χ3v) is 15.3. The first-order valence-corrected chi connectivity index (χ1v) is 27.4. The molecule has 38 heteroatoms. The maximum atomic E-state index is 12.8. The van der Waals surface area contributed by atoms with Gasteiger partial charge in [0.1, 0.15) is 159 Å². The van der Waals surface area contributed by atoms with Gasteiger partial charge in [-0.2, -0.15) is 0 Å². The number of ether oxygens (including phenoxy) is 12. The summed E-state index contributed by atoms with van der Waals surface area (Å²) in [5.41, 5.74) is 0. The van der Waals surface area contributed by atoms with Crippen LogP contribution in [-0.4, -0.2) is 375 Å². The molecule has 0 aromatic carbocycles. The lowest BCUT2D eigenvalue weighted by Crippen LogP contribution is -2.70. The Bertz CT molecular complexity index is 2110. The monoisotopic (exact) mass is 1260 g/mol. The van der Waals surface area contributed by atoms with Crippen LogP contribution in [0.25, 0.3) is 0 Å². The van der Waals surface area contributed by atoms with E-state index in [0.29, 0.717) is 0 Å². The van der Waals surface area contributed by atoms with Crippen LogP contribution in [0, 0.1) is 0 Å². The molecular formula is C48H83N3O35. The molecule has 6 heterocycles. The van der Waals surface area contributed by atoms with Crippen molar-refractivity contribution >= 4 is 17.7 Å². The lowest BCUT2D eigenvalue weighted by Gasteiger charge is -2.50. The molecule has 86 heavy (non-hydrogen) atoms. The van der Waals surface area contributed by atoms with Crippen LogP contribution in [0.1, 0.15) is 27.7 Å². The van der Waals surface area contributed by atoms with Crippen molar-refractivity contribution in [3.8, 4) is 0 Å². The number of aliphatic hydroxyl groups is 20. The van der Waals surface area contributed by atoms with Crippen molar-refractivity contribution in [1.82, 2.24) is 16.0 Å². The highest BCUT2D eigenvalue weighted by molar-refractivity contribution is 5.74. The minimum absolute atomic E-state index is 0.766. The van der Waals surface area contributed by atoms with Gasteiger partial charge in [0.2, 0.25) is 17.7 Å². The predicted octanol–water partition coefficient (Wildman–Crippen LogP) is -15.2. The van der Waals surface area contributed by atoms with Crippen LogP contribution >= 0.6 is 0 Å². The van der Waals surface area contributed by atoms with Crippen LogP contribution in [0.2, 0.25) is 0 Å². The zero-order valence-electron chi connectivity index (χ0n) is 46.6. The van der Waals surface area contributed by atoms with Gasteiger partial charge in [-0.05, 0) is 6.92 Å². The molecule has 38 nitrogen and oxygen atoms in total. The second-order valence-corrected chi connectivity index (χ2v) is 21.6. The van der Waals surface area contributed by atoms with Gasteiger partial charge in [-0.25, -0.2) is 0 Å². The summed E-state index contributed by atoms with van der Waals surface area (Å²) in [5, 5.41) is 224. The molecule has 6 rings (SSSR count). The molecule has 3 amide bonds. The Hall–Kier alpha value is -2.87. The molecular weight excluding hydrogens is 1180 g/mol. The predicted molar refractivity (Wildman–Crippen MR) is 267 cm³/mol. The first-order chi connectivity index (χ1) is 40.5. The molecule has 0 spiro atoms. The van der Waals surface area contributed by atoms with Crippen LogP contribution in [-0.2, 0) is 71.2 Å². The zero-order chi connectivity index (χ0) is 63.9. The standard InChI is InChI=1S/C48H83N3O35/c1-12-25(61)32(68)35(71)45(77-12)75-10-17(60)39(26(62)16(5-52)49-13(2)57)83-44-24(51-15(4)59)31(67)40(20(8-55)80-44)85-48-38(74)42(29(65)22(82-48)11-76-46-36(72)33(69)28(64)19(7-54)79-46)86-47-37(73)34(70)41(21(9-56)81-47)84-43-23(50-14(3)58)30(66)27(63)18(6-53)78-43/h12,16-48,52-56,60-74H,5-11H2,1-4H3,(H,49,57)(H,50,58)(H,51,59)/t12-,16-,17+,18+,19+,20+,21+,22+,23+,24+,25+,26+,27+,28+,29+,30+,31+,32+,33-,34+,35-,36-,37-,38-,39+,40+,41+,42-,43-,44-,45+,46-,47+,48-/m0/s1. The Morgan fingerprint density at radius 3 is 1.42 bits per heavy atom. The molecule has 0 aliphatic carbocycles. The fourth-order valence-corrected chi connectivity index (χ4v) is 10.6. The number of carbonyl (C=O) groups is 3. The lowest BCUT2D eigenvalue weighted by molar-refractivity contribution is -0.388. The van der Waals surface area contributed by atoms with Crippen LogP contribution < -0.4 is 16.0 Å². The van der Waals surface area contributed by atoms with Crippen LogP contribution in [0.4, 0.5) is 0 Å². The van der Waals surface area contributed by atoms with Gasteiger partial charge in [-0.15, -0.1) is 0 Å². The Labute approximate surface area is 488 Å². The van der Waals surface area contributed by atoms with E-state index >= 15 is 0 Å². The highest BCUT2D eigenvalue weighted by Crippen LogP contribution is 2.36. The van der Waals surface area contributed by atoms with Crippen molar-refractivity contribution in [3.05, 3.63) is 0 Å². The van der Waals surface area contributed by atoms with E-state index in [4.69, 9.17) is 56.8 Å². The summed E-state index contributed by atoms with van der Waals surface area (Å²) in [7, 11) is 0. The van der Waals surface area contributed by atoms with Crippen molar-refractivity contribution in [2.24, 2.45) is 0 Å². The molecule has 6 fully saturated rings. The summed E-state index contributed by atoms with van der Waals surface area (Å²) in [6, 6.07) is -5.17. The number of rotatable bonds is 25. The van der Waals surface area contributed by atoms with Crippen molar-refractivity contribution in [3.63, 3.8) is 0 Å². The van der Waals surface area contributed by atoms with Crippen molar-refractivity contribution < 1.29 is 173 Å². The Balaban J connectivity index is 1.28. The van der Waals surface area contributed by atoms with Gasteiger partial charge >= 0.3 is 0 Å². The highest BCUT2D eigenvalue weighted by atomic mass is 16.8. The fourth-order valence-electron chi connectivity index (χ4n) is 10.6. The van der Waals surface area contributed by atoms with E-state index in [-0.39, 0.29) is 0 Å². The number of hydrogen-bond acceptors (Lipinski definition) is 35. The van der Waals surface area contributed by atoms with Gasteiger partial charge in [0.05, 0.1) is 58.4 Å². The summed E-state index contributed by atoms with van der Waals surface area (Å²) in [4.78, 5) is 37.1. The highest BCUT2D eigenvalue weighted by Gasteiger charge is 2.57. The Morgan fingerprint density at radius 2 is 0.872 bits per heavy atom. The average Bonchev–Trinajstić information content (AvgIpc) is 2.26. The zero-order valence-corrected chi connectivity index (χ0v) is 46.6. The third-order valence-electron chi connectivity index (χ3n) is 15.3. The molecule has 500 valence electrons. The average molecular weight is 1260 g/mol. The quantitative estimate of drug-likeness (QED) is 0.0404. The van der Waals surface area contributed by atoms with Crippen molar-refractivity contribution in [2.75, 3.05) is 46.2 Å². The smallest absolute Gasteiger partial charge is 0.217 e. The fraction of sp³-hybridized carbons (Fsp3) is 0.938. The SMILES string of the molecule is CC(=O)N[C@H]1[C@H](O[C@@H]([C@H](O)[C@H](CO)NC(C)=O)[C@H](O)CO[C@@H]2O[C@@H](C)[C@@H](O)[C@@H](O)[C@@H]2O)O[C@H](CO)[C@@H](O[C@@H]2O[C@H](CO[C@H]3O[C@H](CO)[C@@H](O)[C@H](O)[C@@H]3O)[C@@H](O)[C@H](O[C@H]3O[C@H](CO)[C@@H](O[C@@H]4O[C@H](CO)[C@@H](O)[C@H](O)[C@H]4NC(C)=O)[C@H](O)[C@@H]3O)[C@@H]2O)[C@@H]1O. The lowest BCUT2D eigenvalue weighted by atomic mass is 9.94. The number of nitrogens with one attached hydrogen (secondary N) is 3. The normalized spacial score (nSPS) is 45.5. The van der Waals surface area contributed by atoms with Crippen LogP contribution in [0.3, 0.4) is 0 Å². The summed E-state index contributed by atoms with van der Waals surface area (Å²) in [6.45, 7) is -2.66. The maximum absolute atomic E-state index is 12.8. The molecule has 0 bridgehead atoms. The number of hydrogen-bond donors (Lipinski definition) is 23. The maximum Gasteiger partial charge on any atom is 0.217 e. The molecule has 0 radical (unpaired) electrons. The molecule has 6 saturated heterocycles. The van der Waals surface area contributed by atoms with E-state index in [1.54, 1.807) is 0 Å². The van der Waals surface area contributed by atoms with Crippen LogP contribution in [0.5, 0.6) is 0 Å². The van der Waals surface area contributed by atoms with E-state index in [0.717, 1.165) is 20.8 Å². The molecule has 0 aromatic heterocycles. The van der Waals surface area contributed by atoms with E-state index in [9.17, 15) is 117 Å². The number of carbonyl (C=O) groups excluding carboxylic acids is 3. The van der Waals surface area contributed by atoms with Gasteiger partial charge in [-0.3, -0.25) is 14.4 Å². The Kier molecular flexibility index (Phi) is 26.8. The topological polar surface area (TPSA) is 603 Å². The third kappa shape index (κ3) is 16.6. The molecule has 0 saturated carbocycles. The molecule has 34 atom stereocenters. The minimum Gasteiger partial charge on any atom is -0.394 e. The summed E-state index contributed by atoms with van der Waals surface area (Å²) >= 11 is 0. The Morgan fingerprint density at radius 1 is 0.430 bits per heavy atom. The number of amides is 3. The van der Waals surface area contributed by atoms with Gasteiger partial charge in [-0.1, -0.05) is 0 Å². The number of aliphatic hydroxyl groups excluding tert-OH is 20. The van der Waals surface area contributed by atoms with Gasteiger partial charge in [0.15, 0.2) is 37.7 Å². The van der Waals surface area contributed by atoms with Gasteiger partial charge < -0.3 is 175 Å². The van der Waals surface area contributed by atoms with Crippen molar-refractivity contribution in [2.45, 2.75) is 236 Å². The summed E-state index contributed by atoms with van der Waals surface area (Å²) < 4.78 is 68.9. The molecule has 6 aliphatic heterocycles. The van der Waals surface area contributed by atoms with Crippen LogP contribution in [0.15, 0.2) is 0 Å². The minimum atomic E-state index is -2.38. The second kappa shape index (κ2) is 31.9. The van der Waals surface area contributed by atoms with E-state index in [2.05, 4.69) is 16.0 Å². The molecule has 23 N–H and O–H groups in total. The van der Waals surface area contributed by atoms with E-state index in [1.165, 1.54) is 6.92 Å². The first-order valence-electron chi connectivity index (χ1n) is 27.4. The molecule has 0 unspecified atom stereocenters. The van der Waals surface area contributed by atoms with E-state index < -0.39 is 272 Å². The van der Waals surface area contributed by atoms with E-state index in [1.807, 2.05) is 0 Å². The summed E-state index contributed by atoms with van der Waals surface area (Å²) in [6.07, 6.45) is -60.3. The van der Waals surface area contributed by atoms with Gasteiger partial charge in [0, 0.05) is 20.8 Å². The first kappa shape index (κ1) is 72.2. The molecule has 0 aromatic rings. The summed E-state index contributed by atoms with van der Waals surface area (Å²) in [5.74, 6) is -2.50. The molecule has 6 aliphatic rings. The second-order valence-electron chi connectivity index (χ2n) is 21.6.